The van der Waals surface area contributed by atoms with Crippen LogP contribution in [0.4, 0.5) is 34.1 Å². The van der Waals surface area contributed by atoms with Crippen molar-refractivity contribution in [1.29, 1.82) is 0 Å². The lowest BCUT2D eigenvalue weighted by molar-refractivity contribution is 0.660. The molecule has 0 atom stereocenters. The molecule has 0 fully saturated rings. The molecule has 0 saturated carbocycles. The van der Waals surface area contributed by atoms with Crippen LogP contribution in [0.15, 0.2) is 309 Å². The predicted octanol–water partition coefficient (Wildman–Crippen LogP) is 25.3. The van der Waals surface area contributed by atoms with Gasteiger partial charge in [-0.2, -0.15) is 0 Å². The van der Waals surface area contributed by atoms with E-state index in [-0.39, 0.29) is 5.41 Å². The number of furan rings is 4. The van der Waals surface area contributed by atoms with Gasteiger partial charge < -0.3 is 27.5 Å². The minimum atomic E-state index is -0.274. The van der Waals surface area contributed by atoms with Crippen molar-refractivity contribution < 1.29 is 17.7 Å². The Morgan fingerprint density at radius 3 is 1.45 bits per heavy atom. The normalized spacial score (nSPS) is 12.9. The van der Waals surface area contributed by atoms with Crippen LogP contribution in [0.2, 0.25) is 0 Å². The standard InChI is InChI=1S/C87H54N2O4/c1-87(2)72-42-29-55(47-71(72)65-36-33-58(48-73(65)87)88(56-20-7-4-8-21-56)59-34-37-67-79(49-59)90-77-45-40-69-81-63-23-12-10-18-54(63)30-43-75(81)92-85(69)83(67)77)61-24-14-25-66-64(61)39-44-76-82(66)70-41-46-78-84(86(70)93-76)68-38-35-60(50-80(68)91-78)89(74-26-13-19-53-17-9-11-22-62(53)74)57-31-27-52(28-32-57)51-15-5-3-6-16-51/h3-50H,1-2H3. The minimum absolute atomic E-state index is 0.274. The van der Waals surface area contributed by atoms with Crippen molar-refractivity contribution in [2.24, 2.45) is 0 Å². The van der Waals surface area contributed by atoms with Crippen molar-refractivity contribution in [2.75, 3.05) is 9.80 Å². The quantitative estimate of drug-likeness (QED) is 0.151. The second-order valence-corrected chi connectivity index (χ2v) is 25.4. The highest BCUT2D eigenvalue weighted by atomic mass is 16.4. The van der Waals surface area contributed by atoms with Crippen LogP contribution in [0.3, 0.4) is 0 Å². The van der Waals surface area contributed by atoms with Crippen molar-refractivity contribution >= 4 is 154 Å². The minimum Gasteiger partial charge on any atom is -0.456 e. The first kappa shape index (κ1) is 51.7. The molecule has 1 aliphatic carbocycles. The second kappa shape index (κ2) is 19.4. The van der Waals surface area contributed by atoms with Crippen LogP contribution < -0.4 is 9.80 Å². The maximum atomic E-state index is 6.99. The van der Waals surface area contributed by atoms with Crippen molar-refractivity contribution in [1.82, 2.24) is 0 Å². The third-order valence-corrected chi connectivity index (χ3v) is 20.0. The average molecular weight is 1190 g/mol. The van der Waals surface area contributed by atoms with Gasteiger partial charge in [0.2, 0.25) is 0 Å². The zero-order valence-electron chi connectivity index (χ0n) is 50.7. The fraction of sp³-hybridized carbons (Fsp3) is 0.0345. The van der Waals surface area contributed by atoms with Gasteiger partial charge in [-0.05, 0) is 181 Å². The fourth-order valence-electron chi connectivity index (χ4n) is 15.7. The van der Waals surface area contributed by atoms with Gasteiger partial charge in [-0.3, -0.25) is 0 Å². The molecule has 1 aliphatic rings. The van der Waals surface area contributed by atoms with Crippen LogP contribution in [0, 0.1) is 0 Å². The fourth-order valence-corrected chi connectivity index (χ4v) is 15.7. The number of anilines is 6. The summed E-state index contributed by atoms with van der Waals surface area (Å²) in [6.07, 6.45) is 0. The van der Waals surface area contributed by atoms with Crippen LogP contribution in [-0.4, -0.2) is 0 Å². The lowest BCUT2D eigenvalue weighted by atomic mass is 9.82. The Morgan fingerprint density at radius 2 is 0.742 bits per heavy atom. The van der Waals surface area contributed by atoms with E-state index >= 15 is 0 Å². The van der Waals surface area contributed by atoms with E-state index in [1.54, 1.807) is 0 Å². The highest BCUT2D eigenvalue weighted by Gasteiger charge is 2.37. The summed E-state index contributed by atoms with van der Waals surface area (Å²) < 4.78 is 27.3. The van der Waals surface area contributed by atoms with Gasteiger partial charge in [-0.15, -0.1) is 0 Å². The molecule has 93 heavy (non-hydrogen) atoms. The van der Waals surface area contributed by atoms with Gasteiger partial charge in [0.1, 0.15) is 44.7 Å². The van der Waals surface area contributed by atoms with E-state index in [4.69, 9.17) is 17.7 Å². The number of nitrogens with zero attached hydrogens (tertiary/aromatic N) is 2. The van der Waals surface area contributed by atoms with Crippen molar-refractivity contribution in [3.05, 3.63) is 302 Å². The third kappa shape index (κ3) is 7.64. The van der Waals surface area contributed by atoms with E-state index < -0.39 is 0 Å². The molecule has 0 saturated heterocycles. The highest BCUT2D eigenvalue weighted by molar-refractivity contribution is 6.29. The number of fused-ring (bicyclic) bond motifs is 22. The molecule has 0 bridgehead atoms. The van der Waals surface area contributed by atoms with Crippen LogP contribution in [0.25, 0.3) is 153 Å². The summed E-state index contributed by atoms with van der Waals surface area (Å²) in [5, 5.41) is 15.4. The lowest BCUT2D eigenvalue weighted by Gasteiger charge is -2.28. The summed E-state index contributed by atoms with van der Waals surface area (Å²) in [4.78, 5) is 4.69. The maximum Gasteiger partial charge on any atom is 0.147 e. The van der Waals surface area contributed by atoms with Gasteiger partial charge in [-0.25, -0.2) is 0 Å². The molecule has 0 radical (unpaired) electrons. The monoisotopic (exact) mass is 1190 g/mol. The molecule has 0 unspecified atom stereocenters. The smallest absolute Gasteiger partial charge is 0.147 e. The number of rotatable bonds is 8. The van der Waals surface area contributed by atoms with E-state index in [1.807, 2.05) is 0 Å². The summed E-state index contributed by atoms with van der Waals surface area (Å²) in [7, 11) is 0. The Balaban J connectivity index is 0.663. The van der Waals surface area contributed by atoms with Gasteiger partial charge in [0.15, 0.2) is 0 Å². The van der Waals surface area contributed by atoms with Gasteiger partial charge in [0, 0.05) is 83.7 Å². The molecule has 20 rings (SSSR count). The van der Waals surface area contributed by atoms with E-state index in [2.05, 4.69) is 315 Å². The number of hydrogen-bond donors (Lipinski definition) is 0. The average Bonchev–Trinajstić information content (AvgIpc) is 1.61. The van der Waals surface area contributed by atoms with E-state index in [0.29, 0.717) is 0 Å². The molecule has 6 heteroatoms. The largest absolute Gasteiger partial charge is 0.456 e. The summed E-state index contributed by atoms with van der Waals surface area (Å²) in [5.74, 6) is 0. The lowest BCUT2D eigenvalue weighted by Crippen LogP contribution is -2.16. The summed E-state index contributed by atoms with van der Waals surface area (Å²) >= 11 is 0. The predicted molar refractivity (Wildman–Crippen MR) is 386 cm³/mol. The molecule has 436 valence electrons. The molecule has 4 aromatic heterocycles. The number of hydrogen-bond acceptors (Lipinski definition) is 6. The van der Waals surface area contributed by atoms with Gasteiger partial charge in [0.05, 0.1) is 16.5 Å². The topological polar surface area (TPSA) is 59.0 Å². The first-order valence-corrected chi connectivity index (χ1v) is 31.9. The molecule has 0 aliphatic heterocycles. The van der Waals surface area contributed by atoms with Gasteiger partial charge in [-0.1, -0.05) is 184 Å². The van der Waals surface area contributed by atoms with Gasteiger partial charge in [0.25, 0.3) is 0 Å². The molecule has 15 aromatic carbocycles. The van der Waals surface area contributed by atoms with Crippen molar-refractivity contribution in [2.45, 2.75) is 19.3 Å². The maximum absolute atomic E-state index is 6.99. The summed E-state index contributed by atoms with van der Waals surface area (Å²) in [5.41, 5.74) is 22.4. The molecule has 0 amide bonds. The van der Waals surface area contributed by atoms with Crippen LogP contribution in [-0.2, 0) is 5.41 Å². The Bertz CT molecular complexity index is 6340. The first-order valence-electron chi connectivity index (χ1n) is 31.9. The molecule has 0 N–H and O–H groups in total. The molecule has 4 heterocycles. The first-order chi connectivity index (χ1) is 45.8. The molecule has 19 aromatic rings. The third-order valence-electron chi connectivity index (χ3n) is 20.0. The van der Waals surface area contributed by atoms with E-state index in [9.17, 15) is 0 Å². The molecule has 6 nitrogen and oxygen atoms in total. The van der Waals surface area contributed by atoms with Crippen molar-refractivity contribution in [3.63, 3.8) is 0 Å². The van der Waals surface area contributed by atoms with E-state index in [0.717, 1.165) is 127 Å². The Morgan fingerprint density at radius 1 is 0.247 bits per heavy atom. The summed E-state index contributed by atoms with van der Waals surface area (Å²) in [6.45, 7) is 4.72. The van der Waals surface area contributed by atoms with Gasteiger partial charge >= 0.3 is 0 Å². The van der Waals surface area contributed by atoms with Crippen LogP contribution in [0.1, 0.15) is 25.0 Å². The summed E-state index contributed by atoms with van der Waals surface area (Å²) in [6, 6.07) is 105. The Labute approximate surface area is 533 Å². The Kier molecular flexibility index (Phi) is 10.8. The Hall–Kier alpha value is -12.1. The SMILES string of the molecule is CC1(C)c2ccc(-c3cccc4c3ccc3oc5c(ccc6oc7cc(N(c8ccc(-c9ccccc9)cc8)c8cccc9ccccc89)ccc7c65)c34)cc2-c2ccc(N(c3ccccc3)c3ccc4c(c3)oc3ccc5c(oc6ccc7ccccc7c65)c34)cc21. The molecular formula is C87H54N2O4. The van der Waals surface area contributed by atoms with Crippen LogP contribution >= 0.6 is 0 Å². The van der Waals surface area contributed by atoms with Crippen molar-refractivity contribution in [3.8, 4) is 33.4 Å². The second-order valence-electron chi connectivity index (χ2n) is 25.4. The molecule has 0 spiro atoms. The molecular weight excluding hydrogens is 1140 g/mol. The number of para-hydroxylation sites is 1. The zero-order valence-corrected chi connectivity index (χ0v) is 50.7. The highest BCUT2D eigenvalue weighted by Crippen LogP contribution is 2.54. The number of benzene rings is 15. The van der Waals surface area contributed by atoms with E-state index in [1.165, 1.54) is 71.4 Å². The zero-order chi connectivity index (χ0) is 61.2. The van der Waals surface area contributed by atoms with Crippen LogP contribution in [0.5, 0.6) is 0 Å².